The molecule has 74 valence electrons. The second kappa shape index (κ2) is 9.18. The molecule has 0 atom stereocenters. The number of carbonyl (C=O) groups excluding carboxylic acids is 1. The van der Waals surface area contributed by atoms with Crippen LogP contribution in [0.2, 0.25) is 0 Å². The molecule has 0 radical (unpaired) electrons. The van der Waals surface area contributed by atoms with E-state index < -0.39 is 0 Å². The Morgan fingerprint density at radius 3 is 1.92 bits per heavy atom. The Morgan fingerprint density at radius 1 is 1.38 bits per heavy atom. The Hall–Kier alpha value is -0.910. The van der Waals surface area contributed by atoms with E-state index in [2.05, 4.69) is 21.8 Å². The van der Waals surface area contributed by atoms with Crippen molar-refractivity contribution >= 4 is 21.8 Å². The fourth-order valence-electron chi connectivity index (χ4n) is 0.415. The van der Waals surface area contributed by atoms with E-state index in [1.165, 1.54) is 6.92 Å². The molecule has 5 heteroatoms. The van der Waals surface area contributed by atoms with Gasteiger partial charge in [0.1, 0.15) is 0 Å². The Morgan fingerprint density at radius 2 is 1.77 bits per heavy atom. The number of benzene rings is 1. The zero-order chi connectivity index (χ0) is 9.40. The molecule has 0 unspecified atom stereocenters. The molecule has 0 aromatic heterocycles. The van der Waals surface area contributed by atoms with Crippen molar-refractivity contribution < 1.29 is 10.3 Å². The first kappa shape index (κ1) is 14.6. The Kier molecular flexibility index (Phi) is 10.3. The fraction of sp³-hybridized carbons (Fsp3) is 0.125. The van der Waals surface area contributed by atoms with Gasteiger partial charge < -0.3 is 5.48 Å². The zero-order valence-electron chi connectivity index (χ0n) is 7.25. The van der Waals surface area contributed by atoms with Gasteiger partial charge in [0, 0.05) is 11.4 Å². The van der Waals surface area contributed by atoms with Crippen LogP contribution in [0.4, 0.5) is 0 Å². The van der Waals surface area contributed by atoms with Crippen molar-refractivity contribution in [1.82, 2.24) is 5.43 Å². The maximum Gasteiger partial charge on any atom is 0.230 e. The highest BCUT2D eigenvalue weighted by Crippen LogP contribution is 2.05. The maximum atomic E-state index is 9.58. The van der Waals surface area contributed by atoms with Crippen molar-refractivity contribution in [1.29, 1.82) is 0 Å². The van der Waals surface area contributed by atoms with Gasteiger partial charge in [0.2, 0.25) is 5.91 Å². The average molecular weight is 249 g/mol. The highest BCUT2D eigenvalue weighted by atomic mass is 79.9. The van der Waals surface area contributed by atoms with Crippen LogP contribution < -0.4 is 11.3 Å². The first-order chi connectivity index (χ1) is 5.66. The molecule has 0 fully saturated rings. The third kappa shape index (κ3) is 11.1. The predicted molar refractivity (Wildman–Crippen MR) is 55.8 cm³/mol. The Bertz CT molecular complexity index is 229. The molecule has 4 nitrogen and oxygen atoms in total. The van der Waals surface area contributed by atoms with Crippen molar-refractivity contribution in [2.24, 2.45) is 5.84 Å². The molecule has 0 heterocycles. The largest absolute Gasteiger partial charge is 0.412 e. The molecule has 1 amide bonds. The number of hydrogen-bond acceptors (Lipinski definition) is 2. The number of nitrogens with one attached hydrogen (secondary N) is 1. The first-order valence-electron chi connectivity index (χ1n) is 3.34. The number of halogens is 1. The predicted octanol–water partition coefficient (Wildman–Crippen LogP) is 0.621. The number of rotatable bonds is 0. The maximum absolute atomic E-state index is 9.58. The molecule has 1 rings (SSSR count). The Labute approximate surface area is 85.5 Å². The number of nitrogens with two attached hydrogens (primary N) is 1. The van der Waals surface area contributed by atoms with Crippen molar-refractivity contribution in [2.75, 3.05) is 0 Å². The minimum Gasteiger partial charge on any atom is -0.412 e. The van der Waals surface area contributed by atoms with Crippen LogP contribution in [-0.4, -0.2) is 11.4 Å². The van der Waals surface area contributed by atoms with Gasteiger partial charge >= 0.3 is 0 Å². The van der Waals surface area contributed by atoms with Gasteiger partial charge in [-0.25, -0.2) is 5.84 Å². The number of carbonyl (C=O) groups is 1. The second-order valence-corrected chi connectivity index (χ2v) is 2.91. The number of amides is 1. The highest BCUT2D eigenvalue weighted by molar-refractivity contribution is 9.10. The zero-order valence-corrected chi connectivity index (χ0v) is 8.84. The number of hydrogen-bond donors (Lipinski definition) is 2. The quantitative estimate of drug-likeness (QED) is 0.401. The summed E-state index contributed by atoms with van der Waals surface area (Å²) in [4.78, 5) is 9.58. The standard InChI is InChI=1S/C6H5Br.C2H6N2O.H2O/c7-6-4-2-1-3-5-6;1-2(5)4-3;/h1-5H;3H2,1H3,(H,4,5);1H2. The first-order valence-corrected chi connectivity index (χ1v) is 4.14. The van der Waals surface area contributed by atoms with Crippen LogP contribution in [0.3, 0.4) is 0 Å². The molecule has 0 aliphatic carbocycles. The summed E-state index contributed by atoms with van der Waals surface area (Å²) in [5, 5.41) is 0. The summed E-state index contributed by atoms with van der Waals surface area (Å²) in [7, 11) is 0. The summed E-state index contributed by atoms with van der Waals surface area (Å²) in [5.41, 5.74) is 1.89. The van der Waals surface area contributed by atoms with Gasteiger partial charge in [-0.2, -0.15) is 0 Å². The summed E-state index contributed by atoms with van der Waals surface area (Å²) < 4.78 is 1.13. The molecule has 0 aliphatic rings. The highest BCUT2D eigenvalue weighted by Gasteiger charge is 1.74. The minimum atomic E-state index is -0.218. The van der Waals surface area contributed by atoms with Crippen LogP contribution in [0.1, 0.15) is 6.92 Å². The third-order valence-electron chi connectivity index (χ3n) is 0.936. The van der Waals surface area contributed by atoms with E-state index in [0.29, 0.717) is 0 Å². The number of hydrazine groups is 1. The van der Waals surface area contributed by atoms with Crippen LogP contribution in [0.15, 0.2) is 34.8 Å². The lowest BCUT2D eigenvalue weighted by Gasteiger charge is -1.80. The molecule has 0 aliphatic heterocycles. The van der Waals surface area contributed by atoms with E-state index in [-0.39, 0.29) is 11.4 Å². The monoisotopic (exact) mass is 248 g/mol. The molecule has 1 aromatic rings. The molecule has 0 spiro atoms. The van der Waals surface area contributed by atoms with Gasteiger partial charge in [-0.3, -0.25) is 10.2 Å². The van der Waals surface area contributed by atoms with E-state index in [1.54, 1.807) is 0 Å². The van der Waals surface area contributed by atoms with Gasteiger partial charge in [-0.15, -0.1) is 0 Å². The van der Waals surface area contributed by atoms with Crippen molar-refractivity contribution in [3.8, 4) is 0 Å². The van der Waals surface area contributed by atoms with Gasteiger partial charge in [-0.05, 0) is 12.1 Å². The molecule has 0 saturated carbocycles. The van der Waals surface area contributed by atoms with E-state index in [9.17, 15) is 4.79 Å². The molecule has 5 N–H and O–H groups in total. The lowest BCUT2D eigenvalue weighted by molar-refractivity contribution is -0.119. The Balaban J connectivity index is 0. The van der Waals surface area contributed by atoms with Crippen molar-refractivity contribution in [2.45, 2.75) is 6.92 Å². The SMILES string of the molecule is Brc1ccccc1.CC(=O)NN.O. The normalized spacial score (nSPS) is 7.31. The van der Waals surface area contributed by atoms with Gasteiger partial charge in [0.15, 0.2) is 0 Å². The van der Waals surface area contributed by atoms with E-state index in [0.717, 1.165) is 4.47 Å². The third-order valence-corrected chi connectivity index (χ3v) is 1.47. The van der Waals surface area contributed by atoms with E-state index >= 15 is 0 Å². The van der Waals surface area contributed by atoms with Crippen LogP contribution in [0.25, 0.3) is 0 Å². The van der Waals surface area contributed by atoms with Gasteiger partial charge in [0.25, 0.3) is 0 Å². The lowest BCUT2D eigenvalue weighted by Crippen LogP contribution is -2.26. The van der Waals surface area contributed by atoms with Crippen molar-refractivity contribution in [3.05, 3.63) is 34.8 Å². The smallest absolute Gasteiger partial charge is 0.230 e. The summed E-state index contributed by atoms with van der Waals surface area (Å²) in [5.74, 6) is 4.35. The summed E-state index contributed by atoms with van der Waals surface area (Å²) in [6.07, 6.45) is 0. The summed E-state index contributed by atoms with van der Waals surface area (Å²) in [6.45, 7) is 1.35. The molecular formula is C8H13BrN2O2. The van der Waals surface area contributed by atoms with Crippen molar-refractivity contribution in [3.63, 3.8) is 0 Å². The summed E-state index contributed by atoms with van der Waals surface area (Å²) >= 11 is 3.31. The lowest BCUT2D eigenvalue weighted by atomic mass is 10.4. The van der Waals surface area contributed by atoms with Gasteiger partial charge in [0.05, 0.1) is 0 Å². The molecule has 0 saturated heterocycles. The van der Waals surface area contributed by atoms with E-state index in [4.69, 9.17) is 0 Å². The fourth-order valence-corrected chi connectivity index (χ4v) is 0.720. The van der Waals surface area contributed by atoms with E-state index in [1.807, 2.05) is 35.8 Å². The summed E-state index contributed by atoms with van der Waals surface area (Å²) in [6, 6.07) is 9.97. The molecular weight excluding hydrogens is 236 g/mol. The topological polar surface area (TPSA) is 86.6 Å². The minimum absolute atomic E-state index is 0. The van der Waals surface area contributed by atoms with Crippen LogP contribution in [-0.2, 0) is 4.79 Å². The van der Waals surface area contributed by atoms with Gasteiger partial charge in [-0.1, -0.05) is 34.1 Å². The average Bonchev–Trinajstić information content (AvgIpc) is 2.07. The molecule has 13 heavy (non-hydrogen) atoms. The molecule has 1 aromatic carbocycles. The molecule has 0 bridgehead atoms. The van der Waals surface area contributed by atoms with Crippen LogP contribution >= 0.6 is 15.9 Å². The second-order valence-electron chi connectivity index (χ2n) is 2.00. The van der Waals surface area contributed by atoms with Crippen LogP contribution in [0, 0.1) is 0 Å². The van der Waals surface area contributed by atoms with Crippen LogP contribution in [0.5, 0.6) is 0 Å².